The monoisotopic (exact) mass is 269 g/mol. The number of aromatic nitrogens is 2. The zero-order valence-electron chi connectivity index (χ0n) is 12.6. The molecule has 1 unspecified atom stereocenters. The first kappa shape index (κ1) is 13.4. The number of hydrogen-bond donors (Lipinski definition) is 2. The number of imidazole rings is 1. The maximum absolute atomic E-state index is 4.57. The Bertz CT molecular complexity index is 607. The topological polar surface area (TPSA) is 40.7 Å². The molecule has 1 fully saturated rings. The van der Waals surface area contributed by atoms with Gasteiger partial charge < -0.3 is 10.3 Å². The van der Waals surface area contributed by atoms with E-state index in [9.17, 15) is 0 Å². The van der Waals surface area contributed by atoms with Crippen LogP contribution in [0.4, 0.5) is 0 Å². The average Bonchev–Trinajstić information content (AvgIpc) is 3.09. The Morgan fingerprint density at radius 1 is 1.20 bits per heavy atom. The molecule has 2 heterocycles. The maximum Gasteiger partial charge on any atom is 0.106 e. The molecule has 0 bridgehead atoms. The third kappa shape index (κ3) is 2.50. The molecule has 2 N–H and O–H groups in total. The van der Waals surface area contributed by atoms with Crippen LogP contribution in [0.15, 0.2) is 18.3 Å². The van der Waals surface area contributed by atoms with Crippen molar-refractivity contribution in [2.24, 2.45) is 5.92 Å². The fourth-order valence-corrected chi connectivity index (χ4v) is 3.01. The van der Waals surface area contributed by atoms with Gasteiger partial charge in [0, 0.05) is 12.0 Å². The van der Waals surface area contributed by atoms with Crippen LogP contribution in [0.3, 0.4) is 0 Å². The van der Waals surface area contributed by atoms with E-state index < -0.39 is 0 Å². The summed E-state index contributed by atoms with van der Waals surface area (Å²) in [6.45, 7) is 8.82. The van der Waals surface area contributed by atoms with Crippen LogP contribution in [0.25, 0.3) is 11.3 Å². The van der Waals surface area contributed by atoms with E-state index in [-0.39, 0.29) is 0 Å². The molecule has 0 spiro atoms. The number of nitrogens with one attached hydrogen (secondary N) is 2. The Kier molecular flexibility index (Phi) is 3.62. The standard InChI is InChI=1S/C17H23N3/c1-11-4-5-15(13(3)12(11)2)16-10-19-17(20-16)8-14-6-7-18-9-14/h4-5,10,14,18H,6-9H2,1-3H3,(H,19,20). The van der Waals surface area contributed by atoms with E-state index in [1.165, 1.54) is 28.7 Å². The van der Waals surface area contributed by atoms with Crippen LogP contribution in [0, 0.1) is 26.7 Å². The highest BCUT2D eigenvalue weighted by Crippen LogP contribution is 2.26. The molecule has 3 heteroatoms. The molecule has 1 aromatic heterocycles. The summed E-state index contributed by atoms with van der Waals surface area (Å²) in [5, 5.41) is 3.41. The van der Waals surface area contributed by atoms with Crippen molar-refractivity contribution in [3.05, 3.63) is 40.8 Å². The number of hydrogen-bond acceptors (Lipinski definition) is 2. The van der Waals surface area contributed by atoms with Crippen LogP contribution in [-0.2, 0) is 6.42 Å². The van der Waals surface area contributed by atoms with Crippen molar-refractivity contribution < 1.29 is 0 Å². The van der Waals surface area contributed by atoms with E-state index in [4.69, 9.17) is 0 Å². The maximum atomic E-state index is 4.57. The summed E-state index contributed by atoms with van der Waals surface area (Å²) in [6, 6.07) is 4.39. The predicted octanol–water partition coefficient (Wildman–Crippen LogP) is 3.15. The number of aryl methyl sites for hydroxylation is 1. The van der Waals surface area contributed by atoms with Gasteiger partial charge in [0.05, 0.1) is 11.9 Å². The summed E-state index contributed by atoms with van der Waals surface area (Å²) in [5.74, 6) is 1.85. The summed E-state index contributed by atoms with van der Waals surface area (Å²) >= 11 is 0. The minimum atomic E-state index is 0.731. The fourth-order valence-electron chi connectivity index (χ4n) is 3.01. The van der Waals surface area contributed by atoms with Crippen molar-refractivity contribution in [3.63, 3.8) is 0 Å². The second-order valence-electron chi connectivity index (χ2n) is 5.99. The van der Waals surface area contributed by atoms with Crippen LogP contribution in [-0.4, -0.2) is 23.1 Å². The zero-order valence-corrected chi connectivity index (χ0v) is 12.6. The molecule has 20 heavy (non-hydrogen) atoms. The first-order chi connectivity index (χ1) is 9.65. The van der Waals surface area contributed by atoms with Crippen LogP contribution < -0.4 is 5.32 Å². The van der Waals surface area contributed by atoms with Gasteiger partial charge >= 0.3 is 0 Å². The van der Waals surface area contributed by atoms with Crippen molar-refractivity contribution in [1.29, 1.82) is 0 Å². The van der Waals surface area contributed by atoms with Gasteiger partial charge in [-0.1, -0.05) is 12.1 Å². The number of rotatable bonds is 3. The third-order valence-corrected chi connectivity index (χ3v) is 4.62. The lowest BCUT2D eigenvalue weighted by molar-refractivity contribution is 0.565. The molecule has 0 aliphatic carbocycles. The predicted molar refractivity (Wildman–Crippen MR) is 82.9 cm³/mol. The normalized spacial score (nSPS) is 18.6. The van der Waals surface area contributed by atoms with E-state index in [1.807, 2.05) is 6.20 Å². The molecule has 1 aliphatic heterocycles. The van der Waals surface area contributed by atoms with Gasteiger partial charge in [0.25, 0.3) is 0 Å². The molecule has 106 valence electrons. The minimum absolute atomic E-state index is 0.731. The van der Waals surface area contributed by atoms with Gasteiger partial charge in [-0.2, -0.15) is 0 Å². The zero-order chi connectivity index (χ0) is 14.1. The Morgan fingerprint density at radius 3 is 2.80 bits per heavy atom. The average molecular weight is 269 g/mol. The van der Waals surface area contributed by atoms with Gasteiger partial charge in [-0.25, -0.2) is 4.98 Å². The smallest absolute Gasteiger partial charge is 0.106 e. The summed E-state index contributed by atoms with van der Waals surface area (Å²) in [6.07, 6.45) is 4.30. The van der Waals surface area contributed by atoms with Crippen LogP contribution in [0.1, 0.15) is 28.9 Å². The highest BCUT2D eigenvalue weighted by molar-refractivity contribution is 5.65. The minimum Gasteiger partial charge on any atom is -0.342 e. The SMILES string of the molecule is Cc1ccc(-c2cnc(CC3CCNC3)[nH]2)c(C)c1C. The largest absolute Gasteiger partial charge is 0.342 e. The first-order valence-corrected chi connectivity index (χ1v) is 7.47. The molecule has 0 radical (unpaired) electrons. The Morgan fingerprint density at radius 2 is 2.05 bits per heavy atom. The number of aromatic amines is 1. The number of H-pyrrole nitrogens is 1. The van der Waals surface area contributed by atoms with E-state index >= 15 is 0 Å². The molecule has 1 aliphatic rings. The lowest BCUT2D eigenvalue weighted by atomic mass is 9.97. The highest BCUT2D eigenvalue weighted by Gasteiger charge is 2.17. The molecule has 2 aromatic rings. The lowest BCUT2D eigenvalue weighted by Gasteiger charge is -2.10. The summed E-state index contributed by atoms with van der Waals surface area (Å²) in [5.41, 5.74) is 6.49. The summed E-state index contributed by atoms with van der Waals surface area (Å²) in [4.78, 5) is 8.07. The molecule has 1 atom stereocenters. The first-order valence-electron chi connectivity index (χ1n) is 7.47. The lowest BCUT2D eigenvalue weighted by Crippen LogP contribution is -2.11. The van der Waals surface area contributed by atoms with Gasteiger partial charge in [-0.05, 0) is 62.9 Å². The van der Waals surface area contributed by atoms with E-state index in [2.05, 4.69) is 48.2 Å². The molecule has 3 rings (SSSR count). The van der Waals surface area contributed by atoms with Crippen LogP contribution in [0.2, 0.25) is 0 Å². The molecule has 3 nitrogen and oxygen atoms in total. The van der Waals surface area contributed by atoms with Gasteiger partial charge in [-0.3, -0.25) is 0 Å². The molecule has 1 saturated heterocycles. The molecular formula is C17H23N3. The van der Waals surface area contributed by atoms with Crippen molar-refractivity contribution in [1.82, 2.24) is 15.3 Å². The van der Waals surface area contributed by atoms with E-state index in [0.29, 0.717) is 0 Å². The van der Waals surface area contributed by atoms with Crippen LogP contribution in [0.5, 0.6) is 0 Å². The Labute approximate surface area is 120 Å². The summed E-state index contributed by atoms with van der Waals surface area (Å²) < 4.78 is 0. The van der Waals surface area contributed by atoms with Crippen molar-refractivity contribution in [3.8, 4) is 11.3 Å². The third-order valence-electron chi connectivity index (χ3n) is 4.62. The van der Waals surface area contributed by atoms with Gasteiger partial charge in [0.15, 0.2) is 0 Å². The summed E-state index contributed by atoms with van der Waals surface area (Å²) in [7, 11) is 0. The Balaban J connectivity index is 1.84. The number of benzene rings is 1. The van der Waals surface area contributed by atoms with E-state index in [1.54, 1.807) is 0 Å². The van der Waals surface area contributed by atoms with Gasteiger partial charge in [0.2, 0.25) is 0 Å². The van der Waals surface area contributed by atoms with E-state index in [0.717, 1.165) is 36.9 Å². The number of nitrogens with zero attached hydrogens (tertiary/aromatic N) is 1. The van der Waals surface area contributed by atoms with Gasteiger partial charge in [0.1, 0.15) is 5.82 Å². The second-order valence-corrected chi connectivity index (χ2v) is 5.99. The van der Waals surface area contributed by atoms with Gasteiger partial charge in [-0.15, -0.1) is 0 Å². The quantitative estimate of drug-likeness (QED) is 0.898. The van der Waals surface area contributed by atoms with Crippen molar-refractivity contribution in [2.45, 2.75) is 33.6 Å². The van der Waals surface area contributed by atoms with Crippen molar-refractivity contribution in [2.75, 3.05) is 13.1 Å². The highest BCUT2D eigenvalue weighted by atomic mass is 14.9. The molecular weight excluding hydrogens is 246 g/mol. The van der Waals surface area contributed by atoms with Crippen LogP contribution >= 0.6 is 0 Å². The molecule has 1 aromatic carbocycles. The second kappa shape index (κ2) is 5.41. The fraction of sp³-hybridized carbons (Fsp3) is 0.471. The molecule has 0 amide bonds. The Hall–Kier alpha value is -1.61. The van der Waals surface area contributed by atoms with Crippen molar-refractivity contribution >= 4 is 0 Å². The molecule has 0 saturated carbocycles.